The predicted octanol–water partition coefficient (Wildman–Crippen LogP) is 6.69. The van der Waals surface area contributed by atoms with E-state index in [4.69, 9.17) is 11.6 Å². The number of rotatable bonds is 6. The Kier molecular flexibility index (Phi) is 6.36. The Morgan fingerprint density at radius 1 is 0.885 bits per heavy atom. The van der Waals surface area contributed by atoms with Crippen LogP contribution in [0.1, 0.15) is 35.3 Å². The minimum Gasteiger partial charge on any atom is -0.388 e. The van der Waals surface area contributed by atoms with Gasteiger partial charge in [0.05, 0.1) is 12.1 Å². The average Bonchev–Trinajstić information content (AvgIpc) is 2.64. The van der Waals surface area contributed by atoms with Crippen molar-refractivity contribution < 1.29 is 5.11 Å². The van der Waals surface area contributed by atoms with Crippen LogP contribution in [0.3, 0.4) is 0 Å². The third-order valence-electron chi connectivity index (χ3n) is 4.38. The summed E-state index contributed by atoms with van der Waals surface area (Å²) in [7, 11) is 0. The Balaban J connectivity index is 1.83. The van der Waals surface area contributed by atoms with E-state index in [1.807, 2.05) is 79.7 Å². The van der Waals surface area contributed by atoms with E-state index in [9.17, 15) is 5.11 Å². The van der Waals surface area contributed by atoms with Crippen molar-refractivity contribution in [2.45, 2.75) is 25.5 Å². The van der Waals surface area contributed by atoms with Crippen LogP contribution in [0.5, 0.6) is 0 Å². The molecule has 0 radical (unpaired) electrons. The van der Waals surface area contributed by atoms with E-state index < -0.39 is 6.10 Å². The highest BCUT2D eigenvalue weighted by atomic mass is 79.9. The van der Waals surface area contributed by atoms with Gasteiger partial charge in [-0.25, -0.2) is 0 Å². The van der Waals surface area contributed by atoms with Gasteiger partial charge in [-0.2, -0.15) is 0 Å². The zero-order valence-electron chi connectivity index (χ0n) is 14.5. The highest BCUT2D eigenvalue weighted by Crippen LogP contribution is 2.31. The Bertz CT molecular complexity index is 832. The van der Waals surface area contributed by atoms with Crippen LogP contribution in [0.15, 0.2) is 77.3 Å². The lowest BCUT2D eigenvalue weighted by molar-refractivity contribution is 0.160. The molecule has 2 nitrogen and oxygen atoms in total. The van der Waals surface area contributed by atoms with Gasteiger partial charge in [0.15, 0.2) is 0 Å². The molecule has 0 bridgehead atoms. The largest absolute Gasteiger partial charge is 0.388 e. The van der Waals surface area contributed by atoms with Crippen molar-refractivity contribution >= 4 is 33.2 Å². The number of aliphatic hydroxyl groups excluding tert-OH is 1. The number of halogens is 2. The van der Waals surface area contributed by atoms with Gasteiger partial charge in [0.1, 0.15) is 0 Å². The molecule has 0 spiro atoms. The molecule has 134 valence electrons. The van der Waals surface area contributed by atoms with Crippen molar-refractivity contribution in [3.05, 3.63) is 99.0 Å². The van der Waals surface area contributed by atoms with Gasteiger partial charge < -0.3 is 10.4 Å². The Morgan fingerprint density at radius 2 is 1.46 bits per heavy atom. The molecule has 3 aromatic carbocycles. The molecule has 4 heteroatoms. The number of aliphatic hydroxyl groups is 1. The van der Waals surface area contributed by atoms with Gasteiger partial charge in [0.25, 0.3) is 0 Å². The maximum absolute atomic E-state index is 10.7. The minimum atomic E-state index is -0.556. The molecule has 0 aliphatic carbocycles. The van der Waals surface area contributed by atoms with Gasteiger partial charge in [-0.1, -0.05) is 69.5 Å². The molecule has 2 unspecified atom stereocenters. The molecule has 3 aromatic rings. The standard InChI is InChI=1S/C22H21BrClNO/c1-15-2-4-17(5-3-15)22(26)14-21(16-6-10-19(24)11-7-16)25-20-12-8-18(23)9-13-20/h2-13,21-22,25-26H,14H2,1H3. The highest BCUT2D eigenvalue weighted by molar-refractivity contribution is 9.10. The van der Waals surface area contributed by atoms with Gasteiger partial charge in [-0.15, -0.1) is 0 Å². The molecule has 0 heterocycles. The van der Waals surface area contributed by atoms with E-state index in [-0.39, 0.29) is 6.04 Å². The molecule has 0 fully saturated rings. The van der Waals surface area contributed by atoms with Gasteiger partial charge in [0, 0.05) is 21.6 Å². The number of anilines is 1. The fraction of sp³-hybridized carbons (Fsp3) is 0.182. The first-order valence-electron chi connectivity index (χ1n) is 8.53. The molecule has 0 saturated carbocycles. The quantitative estimate of drug-likeness (QED) is 0.456. The van der Waals surface area contributed by atoms with Crippen molar-refractivity contribution in [2.24, 2.45) is 0 Å². The number of hydrogen-bond donors (Lipinski definition) is 2. The van der Waals surface area contributed by atoms with Crippen LogP contribution in [-0.4, -0.2) is 5.11 Å². The first-order valence-corrected chi connectivity index (χ1v) is 9.70. The zero-order chi connectivity index (χ0) is 18.5. The van der Waals surface area contributed by atoms with E-state index in [0.29, 0.717) is 11.4 Å². The summed E-state index contributed by atoms with van der Waals surface area (Å²) in [6.45, 7) is 2.04. The first-order chi connectivity index (χ1) is 12.5. The molecule has 3 rings (SSSR count). The second-order valence-corrected chi connectivity index (χ2v) is 7.77. The van der Waals surface area contributed by atoms with Crippen molar-refractivity contribution in [1.82, 2.24) is 0 Å². The second-order valence-electron chi connectivity index (χ2n) is 6.42. The maximum atomic E-state index is 10.7. The van der Waals surface area contributed by atoms with E-state index in [1.54, 1.807) is 0 Å². The van der Waals surface area contributed by atoms with Crippen LogP contribution < -0.4 is 5.32 Å². The summed E-state index contributed by atoms with van der Waals surface area (Å²) < 4.78 is 1.03. The lowest BCUT2D eigenvalue weighted by Crippen LogP contribution is -2.15. The summed E-state index contributed by atoms with van der Waals surface area (Å²) in [5, 5.41) is 15.0. The van der Waals surface area contributed by atoms with Gasteiger partial charge in [-0.3, -0.25) is 0 Å². The number of hydrogen-bond acceptors (Lipinski definition) is 2. The lowest BCUT2D eigenvalue weighted by atomic mass is 9.96. The smallest absolute Gasteiger partial charge is 0.0812 e. The summed E-state index contributed by atoms with van der Waals surface area (Å²) in [4.78, 5) is 0. The van der Waals surface area contributed by atoms with Crippen LogP contribution in [0, 0.1) is 6.92 Å². The van der Waals surface area contributed by atoms with E-state index in [0.717, 1.165) is 21.3 Å². The molecule has 0 saturated heterocycles. The van der Waals surface area contributed by atoms with E-state index in [1.165, 1.54) is 5.56 Å². The topological polar surface area (TPSA) is 32.3 Å². The maximum Gasteiger partial charge on any atom is 0.0812 e. The summed E-state index contributed by atoms with van der Waals surface area (Å²) in [5.74, 6) is 0. The Morgan fingerprint density at radius 3 is 2.08 bits per heavy atom. The van der Waals surface area contributed by atoms with E-state index >= 15 is 0 Å². The third-order valence-corrected chi connectivity index (χ3v) is 5.16. The molecule has 0 amide bonds. The molecular formula is C22H21BrClNO. The fourth-order valence-corrected chi connectivity index (χ4v) is 3.26. The molecular weight excluding hydrogens is 410 g/mol. The van der Waals surface area contributed by atoms with Gasteiger partial charge in [0.2, 0.25) is 0 Å². The molecule has 0 aliphatic heterocycles. The predicted molar refractivity (Wildman–Crippen MR) is 113 cm³/mol. The monoisotopic (exact) mass is 429 g/mol. The third kappa shape index (κ3) is 5.10. The van der Waals surface area contributed by atoms with E-state index in [2.05, 4.69) is 21.2 Å². The summed E-state index contributed by atoms with van der Waals surface area (Å²) in [6.07, 6.45) is 0.0000350. The molecule has 0 aliphatic rings. The van der Waals surface area contributed by atoms with Crippen molar-refractivity contribution in [3.63, 3.8) is 0 Å². The molecule has 2 atom stereocenters. The minimum absolute atomic E-state index is 0.0373. The zero-order valence-corrected chi connectivity index (χ0v) is 16.8. The number of benzene rings is 3. The number of aryl methyl sites for hydroxylation is 1. The highest BCUT2D eigenvalue weighted by Gasteiger charge is 2.18. The lowest BCUT2D eigenvalue weighted by Gasteiger charge is -2.24. The number of nitrogens with one attached hydrogen (secondary N) is 1. The van der Waals surface area contributed by atoms with Gasteiger partial charge >= 0.3 is 0 Å². The van der Waals surface area contributed by atoms with Crippen molar-refractivity contribution in [3.8, 4) is 0 Å². The Hall–Kier alpha value is -1.81. The van der Waals surface area contributed by atoms with Crippen LogP contribution in [-0.2, 0) is 0 Å². The van der Waals surface area contributed by atoms with Crippen LogP contribution in [0.4, 0.5) is 5.69 Å². The van der Waals surface area contributed by atoms with Crippen LogP contribution >= 0.6 is 27.5 Å². The SMILES string of the molecule is Cc1ccc(C(O)CC(Nc2ccc(Br)cc2)c2ccc(Cl)cc2)cc1. The Labute approximate surface area is 168 Å². The van der Waals surface area contributed by atoms with Crippen molar-refractivity contribution in [2.75, 3.05) is 5.32 Å². The average molecular weight is 431 g/mol. The fourth-order valence-electron chi connectivity index (χ4n) is 2.87. The molecule has 2 N–H and O–H groups in total. The van der Waals surface area contributed by atoms with Crippen LogP contribution in [0.25, 0.3) is 0 Å². The molecule has 26 heavy (non-hydrogen) atoms. The van der Waals surface area contributed by atoms with Crippen LogP contribution in [0.2, 0.25) is 5.02 Å². The first kappa shape index (κ1) is 19.0. The molecule has 0 aromatic heterocycles. The summed E-state index contributed by atoms with van der Waals surface area (Å²) in [5.41, 5.74) is 4.20. The normalized spacial score (nSPS) is 13.2. The van der Waals surface area contributed by atoms with Gasteiger partial charge in [-0.05, 0) is 54.4 Å². The summed E-state index contributed by atoms with van der Waals surface area (Å²) in [6, 6.07) is 23.8. The van der Waals surface area contributed by atoms with Crippen molar-refractivity contribution in [1.29, 1.82) is 0 Å². The summed E-state index contributed by atoms with van der Waals surface area (Å²) >= 11 is 9.49. The second kappa shape index (κ2) is 8.72.